The fraction of sp³-hybridized carbons (Fsp3) is 0.370. The number of nitrogens with zero attached hydrogens (tertiary/aromatic N) is 3. The molecule has 9 heteroatoms. The Morgan fingerprint density at radius 2 is 1.67 bits per heavy atom. The molecule has 2 aromatic rings. The Morgan fingerprint density at radius 3 is 2.33 bits per heavy atom. The zero-order valence-electron chi connectivity index (χ0n) is 20.9. The van der Waals surface area contributed by atoms with Crippen LogP contribution >= 0.6 is 0 Å². The van der Waals surface area contributed by atoms with Crippen LogP contribution in [0.15, 0.2) is 65.9 Å². The molecule has 1 atom stereocenters. The van der Waals surface area contributed by atoms with E-state index in [1.54, 1.807) is 27.1 Å². The average Bonchev–Trinajstić information content (AvgIpc) is 2.91. The van der Waals surface area contributed by atoms with Crippen LogP contribution in [0.5, 0.6) is 5.75 Å². The smallest absolute Gasteiger partial charge is 0.338 e. The quantitative estimate of drug-likeness (QED) is 0.598. The monoisotopic (exact) mass is 492 g/mol. The van der Waals surface area contributed by atoms with Crippen LogP contribution in [0.4, 0.5) is 4.79 Å². The number of hydrogen-bond acceptors (Lipinski definition) is 6. The van der Waals surface area contributed by atoms with Gasteiger partial charge in [0.1, 0.15) is 5.75 Å². The Labute approximate surface area is 211 Å². The molecule has 1 saturated heterocycles. The maximum atomic E-state index is 13.2. The summed E-state index contributed by atoms with van der Waals surface area (Å²) in [6.45, 7) is 4.69. The predicted molar refractivity (Wildman–Crippen MR) is 134 cm³/mol. The molecule has 2 aliphatic heterocycles. The number of ether oxygens (including phenoxy) is 2. The van der Waals surface area contributed by atoms with E-state index in [-0.39, 0.29) is 18.5 Å². The van der Waals surface area contributed by atoms with Gasteiger partial charge >= 0.3 is 12.0 Å². The number of nitrogens with one attached hydrogen (secondary N) is 1. The number of urea groups is 1. The van der Waals surface area contributed by atoms with Gasteiger partial charge in [0.05, 0.1) is 25.3 Å². The fourth-order valence-corrected chi connectivity index (χ4v) is 4.62. The number of rotatable bonds is 7. The van der Waals surface area contributed by atoms with Crippen molar-refractivity contribution >= 4 is 17.9 Å². The van der Waals surface area contributed by atoms with Crippen molar-refractivity contribution in [3.63, 3.8) is 0 Å². The molecule has 1 fully saturated rings. The van der Waals surface area contributed by atoms with Crippen LogP contribution in [0.2, 0.25) is 0 Å². The van der Waals surface area contributed by atoms with Gasteiger partial charge in [-0.1, -0.05) is 36.4 Å². The van der Waals surface area contributed by atoms with Gasteiger partial charge in [-0.25, -0.2) is 9.59 Å². The number of piperazine rings is 1. The number of carbonyl (C=O) groups is 3. The highest BCUT2D eigenvalue weighted by atomic mass is 16.5. The molecule has 0 spiro atoms. The van der Waals surface area contributed by atoms with E-state index in [4.69, 9.17) is 9.47 Å². The second-order valence-corrected chi connectivity index (χ2v) is 8.70. The van der Waals surface area contributed by atoms with Gasteiger partial charge in [0, 0.05) is 56.6 Å². The van der Waals surface area contributed by atoms with Crippen LogP contribution in [0.3, 0.4) is 0 Å². The van der Waals surface area contributed by atoms with Crippen LogP contribution in [-0.2, 0) is 9.53 Å². The minimum atomic E-state index is -0.708. The number of benzene rings is 2. The molecule has 3 amide bonds. The van der Waals surface area contributed by atoms with Crippen LogP contribution < -0.4 is 10.1 Å². The van der Waals surface area contributed by atoms with Crippen molar-refractivity contribution in [2.24, 2.45) is 0 Å². The van der Waals surface area contributed by atoms with Crippen molar-refractivity contribution < 1.29 is 23.9 Å². The first-order valence-corrected chi connectivity index (χ1v) is 12.1. The van der Waals surface area contributed by atoms with Crippen molar-refractivity contribution in [3.8, 4) is 5.75 Å². The van der Waals surface area contributed by atoms with Crippen molar-refractivity contribution in [2.45, 2.75) is 13.0 Å². The minimum Gasteiger partial charge on any atom is -0.496 e. The van der Waals surface area contributed by atoms with Gasteiger partial charge in [-0.3, -0.25) is 14.6 Å². The molecule has 2 aliphatic rings. The topological polar surface area (TPSA) is 91.4 Å². The minimum absolute atomic E-state index is 0.00655. The summed E-state index contributed by atoms with van der Waals surface area (Å²) in [7, 11) is 3.21. The van der Waals surface area contributed by atoms with Gasteiger partial charge in [0.25, 0.3) is 5.91 Å². The highest BCUT2D eigenvalue weighted by Gasteiger charge is 2.38. The molecule has 2 aromatic carbocycles. The maximum Gasteiger partial charge on any atom is 0.338 e. The van der Waals surface area contributed by atoms with Crippen molar-refractivity contribution in [1.29, 1.82) is 0 Å². The molecule has 2 heterocycles. The van der Waals surface area contributed by atoms with Crippen LogP contribution in [0, 0.1) is 0 Å². The first-order valence-electron chi connectivity index (χ1n) is 12.1. The normalized spacial score (nSPS) is 18.6. The highest BCUT2D eigenvalue weighted by Crippen LogP contribution is 2.35. The second kappa shape index (κ2) is 11.3. The number of hydrogen-bond donors (Lipinski definition) is 1. The van der Waals surface area contributed by atoms with E-state index in [1.807, 2.05) is 53.4 Å². The zero-order chi connectivity index (χ0) is 25.7. The summed E-state index contributed by atoms with van der Waals surface area (Å²) < 4.78 is 10.9. The molecule has 0 aliphatic carbocycles. The lowest BCUT2D eigenvalue weighted by atomic mass is 9.93. The van der Waals surface area contributed by atoms with Crippen LogP contribution in [-0.4, -0.2) is 86.1 Å². The average molecular weight is 493 g/mol. The first-order chi connectivity index (χ1) is 17.4. The lowest BCUT2D eigenvalue weighted by Gasteiger charge is -2.39. The number of amides is 3. The van der Waals surface area contributed by atoms with Crippen LogP contribution in [0.1, 0.15) is 28.9 Å². The maximum absolute atomic E-state index is 13.2. The second-order valence-electron chi connectivity index (χ2n) is 8.70. The Kier molecular flexibility index (Phi) is 7.90. The van der Waals surface area contributed by atoms with Gasteiger partial charge in [0.2, 0.25) is 0 Å². The summed E-state index contributed by atoms with van der Waals surface area (Å²) in [5.74, 6) is 0.0989. The largest absolute Gasteiger partial charge is 0.496 e. The van der Waals surface area contributed by atoms with E-state index < -0.39 is 12.0 Å². The number of carbonyl (C=O) groups excluding carboxylic acids is 3. The Bertz CT molecular complexity index is 1140. The summed E-state index contributed by atoms with van der Waals surface area (Å²) in [6.07, 6.45) is 0. The molecule has 0 saturated carbocycles. The summed E-state index contributed by atoms with van der Waals surface area (Å²) >= 11 is 0. The van der Waals surface area contributed by atoms with E-state index >= 15 is 0 Å². The fourth-order valence-electron chi connectivity index (χ4n) is 4.62. The first kappa shape index (κ1) is 25.2. The van der Waals surface area contributed by atoms with Gasteiger partial charge in [-0.15, -0.1) is 0 Å². The Hall–Kier alpha value is -3.85. The molecule has 1 unspecified atom stereocenters. The van der Waals surface area contributed by atoms with Crippen molar-refractivity contribution in [3.05, 3.63) is 77.0 Å². The molecule has 1 N–H and O–H groups in total. The molecule has 190 valence electrons. The molecule has 0 aromatic heterocycles. The van der Waals surface area contributed by atoms with E-state index in [0.717, 1.165) is 0 Å². The van der Waals surface area contributed by atoms with Gasteiger partial charge in [-0.2, -0.15) is 0 Å². The summed E-state index contributed by atoms with van der Waals surface area (Å²) in [5, 5.41) is 2.93. The molecular formula is C27H32N4O5. The summed E-state index contributed by atoms with van der Waals surface area (Å²) in [6, 6.07) is 15.5. The predicted octanol–water partition coefficient (Wildman–Crippen LogP) is 2.67. The highest BCUT2D eigenvalue weighted by molar-refractivity contribution is 5.95. The molecule has 36 heavy (non-hydrogen) atoms. The number of esters is 1. The van der Waals surface area contributed by atoms with E-state index in [2.05, 4.69) is 10.2 Å². The molecule has 9 nitrogen and oxygen atoms in total. The Morgan fingerprint density at radius 1 is 1.00 bits per heavy atom. The van der Waals surface area contributed by atoms with Gasteiger partial charge < -0.3 is 19.7 Å². The molecule has 0 bridgehead atoms. The third kappa shape index (κ3) is 5.21. The number of likely N-dealkylation sites (N-methyl/N-ethyl adjacent to an activating group) is 1. The van der Waals surface area contributed by atoms with E-state index in [1.165, 1.54) is 4.90 Å². The van der Waals surface area contributed by atoms with Gasteiger partial charge in [0.15, 0.2) is 0 Å². The number of methoxy groups -OCH3 is 1. The third-order valence-corrected chi connectivity index (χ3v) is 6.58. The van der Waals surface area contributed by atoms with Crippen LogP contribution in [0.25, 0.3) is 0 Å². The zero-order valence-corrected chi connectivity index (χ0v) is 20.9. The Balaban J connectivity index is 1.60. The molecule has 0 radical (unpaired) electrons. The third-order valence-electron chi connectivity index (χ3n) is 6.58. The van der Waals surface area contributed by atoms with Crippen molar-refractivity contribution in [1.82, 2.24) is 20.0 Å². The summed E-state index contributed by atoms with van der Waals surface area (Å²) in [5.41, 5.74) is 2.31. The van der Waals surface area contributed by atoms with E-state index in [0.29, 0.717) is 60.9 Å². The summed E-state index contributed by atoms with van der Waals surface area (Å²) in [4.78, 5) is 44.5. The molecule has 4 rings (SSSR count). The molecular weight excluding hydrogens is 460 g/mol. The standard InChI is InChI=1S/C27H32N4O5/c1-4-36-26(33)23-21(29(2)27(34)28-24(23)20-12-8-9-13-22(20)35-3)18-30-14-16-31(17-15-30)25(32)19-10-6-5-7-11-19/h5-13,24H,4,14-18H2,1-3H3,(H,28,34). The van der Waals surface area contributed by atoms with Gasteiger partial charge in [-0.05, 0) is 25.1 Å². The SMILES string of the molecule is CCOC(=O)C1=C(CN2CCN(C(=O)c3ccccc3)CC2)N(C)C(=O)NC1c1ccccc1OC. The number of para-hydroxylation sites is 1. The van der Waals surface area contributed by atoms with Crippen molar-refractivity contribution in [2.75, 3.05) is 53.5 Å². The lowest BCUT2D eigenvalue weighted by Crippen LogP contribution is -2.53. The lowest BCUT2D eigenvalue weighted by molar-refractivity contribution is -0.139. The van der Waals surface area contributed by atoms with E-state index in [9.17, 15) is 14.4 Å².